The zero-order valence-corrected chi connectivity index (χ0v) is 22.1. The predicted molar refractivity (Wildman–Crippen MR) is 145 cm³/mol. The summed E-state index contributed by atoms with van der Waals surface area (Å²) in [6, 6.07) is 10.5. The van der Waals surface area contributed by atoms with Gasteiger partial charge in [0, 0.05) is 32.2 Å². The Morgan fingerprint density at radius 3 is 2.41 bits per heavy atom. The lowest BCUT2D eigenvalue weighted by Crippen LogP contribution is -2.46. The van der Waals surface area contributed by atoms with Crippen molar-refractivity contribution < 1.29 is 19.3 Å². The van der Waals surface area contributed by atoms with Crippen LogP contribution in [0.25, 0.3) is 22.3 Å². The third kappa shape index (κ3) is 5.14. The number of nitrogens with zero attached hydrogens (tertiary/aromatic N) is 6. The maximum atomic E-state index is 9.44. The minimum atomic E-state index is 0.0561. The van der Waals surface area contributed by atoms with E-state index < -0.39 is 0 Å². The van der Waals surface area contributed by atoms with Crippen LogP contribution in [-0.4, -0.2) is 99.0 Å². The van der Waals surface area contributed by atoms with E-state index in [0.717, 1.165) is 47.0 Å². The quantitative estimate of drug-likeness (QED) is 0.513. The number of hydrogen-bond acceptors (Lipinski definition) is 10. The highest BCUT2D eigenvalue weighted by Crippen LogP contribution is 2.35. The smallest absolute Gasteiger partial charge is 0.229 e. The van der Waals surface area contributed by atoms with Gasteiger partial charge in [0.25, 0.3) is 0 Å². The summed E-state index contributed by atoms with van der Waals surface area (Å²) in [5.74, 6) is 2.32. The van der Waals surface area contributed by atoms with Crippen LogP contribution >= 0.6 is 0 Å². The second kappa shape index (κ2) is 11.0. The Hall–Kier alpha value is -3.21. The molecule has 0 radical (unpaired) electrons. The van der Waals surface area contributed by atoms with Crippen LogP contribution < -0.4 is 19.4 Å². The maximum Gasteiger partial charge on any atom is 0.229 e. The standard InChI is InChI=1S/C27H36N6O4/c1-18-16-36-13-10-32(18)26-21-6-7-22(20-5-8-24(35-4)23(15-20)31(3)9-12-34)28-25(21)29-27(30-26)33-11-14-37-17-19(33)2/h5-8,15,18-19,34H,9-14,16-17H2,1-4H3/t18-,19-/m0/s1. The first-order valence-electron chi connectivity index (χ1n) is 12.9. The molecule has 2 atom stereocenters. The first-order valence-corrected chi connectivity index (χ1v) is 12.9. The molecule has 2 aliphatic rings. The molecule has 2 fully saturated rings. The molecule has 2 aromatic heterocycles. The van der Waals surface area contributed by atoms with Crippen LogP contribution in [0.4, 0.5) is 17.5 Å². The number of anilines is 3. The molecule has 0 spiro atoms. The Kier molecular flexibility index (Phi) is 7.59. The fourth-order valence-corrected chi connectivity index (χ4v) is 4.98. The van der Waals surface area contributed by atoms with Crippen molar-refractivity contribution in [2.75, 3.05) is 81.5 Å². The summed E-state index contributed by atoms with van der Waals surface area (Å²) in [5.41, 5.74) is 3.32. The number of aliphatic hydroxyl groups is 1. The van der Waals surface area contributed by atoms with E-state index >= 15 is 0 Å². The Bertz CT molecular complexity index is 1240. The second-order valence-electron chi connectivity index (χ2n) is 9.68. The summed E-state index contributed by atoms with van der Waals surface area (Å²) in [7, 11) is 3.59. The molecule has 2 aliphatic heterocycles. The van der Waals surface area contributed by atoms with Crippen LogP contribution in [0.2, 0.25) is 0 Å². The van der Waals surface area contributed by atoms with Gasteiger partial charge in [-0.15, -0.1) is 0 Å². The highest BCUT2D eigenvalue weighted by Gasteiger charge is 2.27. The minimum Gasteiger partial charge on any atom is -0.495 e. The fraction of sp³-hybridized carbons (Fsp3) is 0.519. The van der Waals surface area contributed by atoms with Gasteiger partial charge in [-0.05, 0) is 44.2 Å². The number of methoxy groups -OCH3 is 1. The molecule has 0 aliphatic carbocycles. The van der Waals surface area contributed by atoms with Gasteiger partial charge in [0.2, 0.25) is 5.95 Å². The summed E-state index contributed by atoms with van der Waals surface area (Å²) in [6.07, 6.45) is 0. The van der Waals surface area contributed by atoms with Crippen molar-refractivity contribution in [3.8, 4) is 17.0 Å². The van der Waals surface area contributed by atoms with Gasteiger partial charge < -0.3 is 34.0 Å². The van der Waals surface area contributed by atoms with Crippen molar-refractivity contribution in [1.29, 1.82) is 0 Å². The summed E-state index contributed by atoms with van der Waals surface area (Å²) >= 11 is 0. The van der Waals surface area contributed by atoms with E-state index in [2.05, 4.69) is 29.7 Å². The lowest BCUT2D eigenvalue weighted by molar-refractivity contribution is 0.0973. The number of rotatable bonds is 7. The van der Waals surface area contributed by atoms with Gasteiger partial charge in [0.15, 0.2) is 5.65 Å². The minimum absolute atomic E-state index is 0.0561. The molecule has 3 aromatic rings. The van der Waals surface area contributed by atoms with E-state index in [9.17, 15) is 5.11 Å². The molecular formula is C27H36N6O4. The number of pyridine rings is 1. The van der Waals surface area contributed by atoms with E-state index in [1.165, 1.54) is 0 Å². The van der Waals surface area contributed by atoms with Crippen molar-refractivity contribution >= 4 is 28.5 Å². The lowest BCUT2D eigenvalue weighted by atomic mass is 10.1. The van der Waals surface area contributed by atoms with Gasteiger partial charge in [-0.25, -0.2) is 4.98 Å². The largest absolute Gasteiger partial charge is 0.495 e. The van der Waals surface area contributed by atoms with Crippen molar-refractivity contribution in [1.82, 2.24) is 15.0 Å². The van der Waals surface area contributed by atoms with Crippen LogP contribution in [0.1, 0.15) is 13.8 Å². The van der Waals surface area contributed by atoms with Crippen LogP contribution in [0, 0.1) is 0 Å². The van der Waals surface area contributed by atoms with Gasteiger partial charge in [-0.3, -0.25) is 0 Å². The Morgan fingerprint density at radius 1 is 1.00 bits per heavy atom. The molecule has 10 nitrogen and oxygen atoms in total. The lowest BCUT2D eigenvalue weighted by Gasteiger charge is -2.37. The third-order valence-corrected chi connectivity index (χ3v) is 7.11. The average molecular weight is 509 g/mol. The predicted octanol–water partition coefficient (Wildman–Crippen LogP) is 2.58. The topological polar surface area (TPSA) is 96.3 Å². The Balaban J connectivity index is 1.62. The van der Waals surface area contributed by atoms with Crippen LogP contribution in [0.3, 0.4) is 0 Å². The van der Waals surface area contributed by atoms with Gasteiger partial charge >= 0.3 is 0 Å². The molecule has 0 amide bonds. The Labute approximate surface area is 217 Å². The van der Waals surface area contributed by atoms with E-state index in [4.69, 9.17) is 29.2 Å². The molecule has 2 saturated heterocycles. The van der Waals surface area contributed by atoms with E-state index in [1.54, 1.807) is 7.11 Å². The molecule has 1 aromatic carbocycles. The van der Waals surface area contributed by atoms with Gasteiger partial charge in [-0.1, -0.05) is 0 Å². The van der Waals surface area contributed by atoms with E-state index in [0.29, 0.717) is 44.6 Å². The van der Waals surface area contributed by atoms with E-state index in [1.807, 2.05) is 36.2 Å². The number of fused-ring (bicyclic) bond motifs is 1. The molecule has 5 rings (SSSR count). The number of morpholine rings is 2. The van der Waals surface area contributed by atoms with Crippen LogP contribution in [0.15, 0.2) is 30.3 Å². The van der Waals surface area contributed by atoms with Crippen LogP contribution in [-0.2, 0) is 9.47 Å². The molecule has 10 heteroatoms. The molecule has 1 N–H and O–H groups in total. The molecular weight excluding hydrogens is 472 g/mol. The summed E-state index contributed by atoms with van der Waals surface area (Å²) in [5, 5.41) is 10.4. The first-order chi connectivity index (χ1) is 18.0. The zero-order valence-electron chi connectivity index (χ0n) is 22.1. The second-order valence-corrected chi connectivity index (χ2v) is 9.68. The van der Waals surface area contributed by atoms with Gasteiger partial charge in [0.05, 0.1) is 69.0 Å². The monoisotopic (exact) mass is 508 g/mol. The zero-order chi connectivity index (χ0) is 25.9. The normalized spacial score (nSPS) is 20.4. The summed E-state index contributed by atoms with van der Waals surface area (Å²) in [6.45, 7) is 8.99. The first kappa shape index (κ1) is 25.4. The van der Waals surface area contributed by atoms with Crippen molar-refractivity contribution in [3.63, 3.8) is 0 Å². The SMILES string of the molecule is COc1ccc(-c2ccc3c(N4CCOC[C@@H]4C)nc(N4CCOC[C@@H]4C)nc3n2)cc1N(C)CCO. The Morgan fingerprint density at radius 2 is 1.73 bits per heavy atom. The molecule has 198 valence electrons. The molecule has 37 heavy (non-hydrogen) atoms. The molecule has 0 bridgehead atoms. The van der Waals surface area contributed by atoms with Crippen molar-refractivity contribution in [2.24, 2.45) is 0 Å². The van der Waals surface area contributed by atoms with Crippen LogP contribution in [0.5, 0.6) is 5.75 Å². The average Bonchev–Trinajstić information content (AvgIpc) is 2.92. The molecule has 4 heterocycles. The molecule has 0 unspecified atom stereocenters. The number of likely N-dealkylation sites (N-methyl/N-ethyl adjacent to an activating group) is 1. The third-order valence-electron chi connectivity index (χ3n) is 7.11. The van der Waals surface area contributed by atoms with Gasteiger partial charge in [-0.2, -0.15) is 9.97 Å². The summed E-state index contributed by atoms with van der Waals surface area (Å²) in [4.78, 5) is 21.6. The van der Waals surface area contributed by atoms with Crippen molar-refractivity contribution in [2.45, 2.75) is 25.9 Å². The summed E-state index contributed by atoms with van der Waals surface area (Å²) < 4.78 is 16.9. The number of ether oxygens (including phenoxy) is 3. The molecule has 0 saturated carbocycles. The number of aliphatic hydroxyl groups excluding tert-OH is 1. The number of aromatic nitrogens is 3. The maximum absolute atomic E-state index is 9.44. The van der Waals surface area contributed by atoms with Gasteiger partial charge in [0.1, 0.15) is 11.6 Å². The number of hydrogen-bond donors (Lipinski definition) is 1. The highest BCUT2D eigenvalue weighted by molar-refractivity contribution is 5.90. The van der Waals surface area contributed by atoms with E-state index in [-0.39, 0.29) is 18.7 Å². The highest BCUT2D eigenvalue weighted by atomic mass is 16.5. The number of benzene rings is 1. The fourth-order valence-electron chi connectivity index (χ4n) is 4.98. The van der Waals surface area contributed by atoms with Crippen molar-refractivity contribution in [3.05, 3.63) is 30.3 Å².